The van der Waals surface area contributed by atoms with Crippen molar-refractivity contribution in [2.24, 2.45) is 0 Å². The number of hydrogen-bond acceptors (Lipinski definition) is 0. The van der Waals surface area contributed by atoms with E-state index in [0.717, 1.165) is 46.6 Å². The average Bonchev–Trinajstić information content (AvgIpc) is 3.37. The molecule has 15 heteroatoms. The van der Waals surface area contributed by atoms with E-state index >= 15 is 0 Å². The van der Waals surface area contributed by atoms with Crippen molar-refractivity contribution >= 4 is 11.1 Å². The molecule has 0 nitrogen and oxygen atoms in total. The molecule has 0 spiro atoms. The molecule has 0 N–H and O–H groups in total. The van der Waals surface area contributed by atoms with Crippen molar-refractivity contribution in [3.8, 4) is 0 Å². The third-order valence-electron chi connectivity index (χ3n) is 6.71. The topological polar surface area (TPSA) is 0 Å². The molecule has 2 aromatic carbocycles. The fourth-order valence-corrected chi connectivity index (χ4v) is 4.16. The van der Waals surface area contributed by atoms with Gasteiger partial charge in [-0.2, -0.15) is 98.3 Å². The van der Waals surface area contributed by atoms with Gasteiger partial charge in [0.15, 0.2) is 0 Å². The van der Waals surface area contributed by atoms with Crippen molar-refractivity contribution < 1.29 is 103 Å². The summed E-state index contributed by atoms with van der Waals surface area (Å²) < 4.78 is 153. The molecule has 2 aromatic rings. The first-order valence-electron chi connectivity index (χ1n) is 12.1. The molecule has 0 fully saturated rings. The first-order valence-corrected chi connectivity index (χ1v) is 12.1. The Bertz CT molecular complexity index is 1320. The SMILES string of the molecule is CC1=C(C)CC(c2cc(C(F)(F)F)cc(C(F)(F)F)c2)=[C-]1.CC1=C(C)CC(c2cc(C(F)(F)F)cc(C(F)(F)F)c2)=[C-]1.[Cl-].[Cl-].[Hf+4]. The van der Waals surface area contributed by atoms with Crippen LogP contribution in [0.15, 0.2) is 58.7 Å². The molecule has 2 aliphatic carbocycles. The number of rotatable bonds is 2. The molecule has 0 bridgehead atoms. The third-order valence-corrected chi connectivity index (χ3v) is 6.71. The molecule has 45 heavy (non-hydrogen) atoms. The fourth-order valence-electron chi connectivity index (χ4n) is 4.16. The van der Waals surface area contributed by atoms with Crippen molar-refractivity contribution in [1.29, 1.82) is 0 Å². The minimum Gasteiger partial charge on any atom is -1.00 e. The maximum absolute atomic E-state index is 12.8. The van der Waals surface area contributed by atoms with Gasteiger partial charge in [-0.3, -0.25) is 0 Å². The molecule has 4 rings (SSSR count). The molecule has 0 atom stereocenters. The zero-order chi connectivity index (χ0) is 32.0. The zero-order valence-corrected chi connectivity index (χ0v) is 28.8. The van der Waals surface area contributed by atoms with E-state index in [1.54, 1.807) is 27.7 Å². The molecule has 0 saturated heterocycles. The molecular weight excluding hydrogens is 838 g/mol. The maximum Gasteiger partial charge on any atom is 4.00 e. The van der Waals surface area contributed by atoms with Crippen LogP contribution in [0.2, 0.25) is 0 Å². The van der Waals surface area contributed by atoms with Crippen LogP contribution in [0.25, 0.3) is 11.1 Å². The Kier molecular flexibility index (Phi) is 14.6. The summed E-state index contributed by atoms with van der Waals surface area (Å²) in [5, 5.41) is 0. The smallest absolute Gasteiger partial charge is 1.00 e. The summed E-state index contributed by atoms with van der Waals surface area (Å²) in [7, 11) is 0. The van der Waals surface area contributed by atoms with Crippen LogP contribution >= 0.6 is 0 Å². The second-order valence-corrected chi connectivity index (χ2v) is 9.96. The Hall–Kier alpha value is -1.99. The van der Waals surface area contributed by atoms with Crippen molar-refractivity contribution in [2.45, 2.75) is 65.2 Å². The van der Waals surface area contributed by atoms with Gasteiger partial charge in [-0.25, -0.2) is 0 Å². The van der Waals surface area contributed by atoms with Gasteiger partial charge in [0.1, 0.15) is 0 Å². The molecule has 0 heterocycles. The van der Waals surface area contributed by atoms with Crippen LogP contribution in [0.3, 0.4) is 0 Å². The predicted molar refractivity (Wildman–Crippen MR) is 132 cm³/mol. The van der Waals surface area contributed by atoms with Gasteiger partial charge in [0.2, 0.25) is 0 Å². The molecule has 0 saturated carbocycles. The number of hydrogen-bond donors (Lipinski definition) is 0. The Morgan fingerprint density at radius 3 is 0.822 bits per heavy atom. The zero-order valence-electron chi connectivity index (χ0n) is 23.7. The van der Waals surface area contributed by atoms with Gasteiger partial charge in [-0.05, 0) is 12.1 Å². The molecule has 0 aliphatic heterocycles. The van der Waals surface area contributed by atoms with Gasteiger partial charge < -0.3 is 24.8 Å². The minimum atomic E-state index is -4.83. The van der Waals surface area contributed by atoms with Crippen LogP contribution in [-0.4, -0.2) is 0 Å². The normalized spacial score (nSPS) is 15.4. The predicted octanol–water partition coefficient (Wildman–Crippen LogP) is 5.31. The molecule has 0 unspecified atom stereocenters. The monoisotopic (exact) mass is 860 g/mol. The van der Waals surface area contributed by atoms with Crippen LogP contribution in [0.4, 0.5) is 52.7 Å². The second kappa shape index (κ2) is 15.3. The number of allylic oxidation sites excluding steroid dienone is 8. The van der Waals surface area contributed by atoms with E-state index in [4.69, 9.17) is 0 Å². The van der Waals surface area contributed by atoms with Gasteiger partial charge in [-0.15, -0.1) is 11.1 Å². The summed E-state index contributed by atoms with van der Waals surface area (Å²) in [6.07, 6.45) is -13.0. The van der Waals surface area contributed by atoms with Crippen LogP contribution in [0.5, 0.6) is 0 Å². The third kappa shape index (κ3) is 11.1. The van der Waals surface area contributed by atoms with E-state index < -0.39 is 47.0 Å². The Morgan fingerprint density at radius 2 is 0.667 bits per heavy atom. The molecular formula is C30H22Cl2F12Hf. The Labute approximate surface area is 282 Å². The molecule has 0 amide bonds. The summed E-state index contributed by atoms with van der Waals surface area (Å²) in [5.41, 5.74) is -1.43. The van der Waals surface area contributed by atoms with Gasteiger partial charge in [0, 0.05) is 22.3 Å². The average molecular weight is 860 g/mol. The molecule has 0 radical (unpaired) electrons. The van der Waals surface area contributed by atoms with Crippen molar-refractivity contribution in [3.63, 3.8) is 0 Å². The first-order chi connectivity index (χ1) is 19.0. The van der Waals surface area contributed by atoms with E-state index in [-0.39, 0.29) is 73.9 Å². The van der Waals surface area contributed by atoms with Crippen molar-refractivity contribution in [2.75, 3.05) is 0 Å². The summed E-state index contributed by atoms with van der Waals surface area (Å²) in [4.78, 5) is 0. The van der Waals surface area contributed by atoms with E-state index in [0.29, 0.717) is 24.0 Å². The maximum atomic E-state index is 12.8. The summed E-state index contributed by atoms with van der Waals surface area (Å²) >= 11 is 0. The van der Waals surface area contributed by atoms with Crippen LogP contribution in [0, 0.1) is 12.2 Å². The summed E-state index contributed by atoms with van der Waals surface area (Å²) in [5.74, 6) is 0. The quantitative estimate of drug-likeness (QED) is 0.219. The van der Waals surface area contributed by atoms with E-state index in [1.165, 1.54) is 0 Å². The Morgan fingerprint density at radius 1 is 0.444 bits per heavy atom. The number of alkyl halides is 12. The Balaban J connectivity index is 0.000000807. The van der Waals surface area contributed by atoms with Gasteiger partial charge in [-0.1, -0.05) is 64.8 Å². The summed E-state index contributed by atoms with van der Waals surface area (Å²) in [6, 6.07) is 3.22. The molecule has 244 valence electrons. The minimum absolute atomic E-state index is 0. The van der Waals surface area contributed by atoms with Crippen molar-refractivity contribution in [1.82, 2.24) is 0 Å². The number of benzene rings is 2. The van der Waals surface area contributed by atoms with E-state index in [1.807, 2.05) is 0 Å². The van der Waals surface area contributed by atoms with Crippen molar-refractivity contribution in [3.05, 3.63) is 104 Å². The van der Waals surface area contributed by atoms with E-state index in [2.05, 4.69) is 12.2 Å². The van der Waals surface area contributed by atoms with Crippen LogP contribution in [-0.2, 0) is 50.5 Å². The second-order valence-electron chi connectivity index (χ2n) is 9.96. The number of halogens is 14. The van der Waals surface area contributed by atoms with E-state index in [9.17, 15) is 52.7 Å². The fraction of sp³-hybridized carbons (Fsp3) is 0.333. The largest absolute Gasteiger partial charge is 4.00 e. The van der Waals surface area contributed by atoms with Gasteiger partial charge >= 0.3 is 50.5 Å². The van der Waals surface area contributed by atoms with Gasteiger partial charge in [0.05, 0.1) is 0 Å². The molecule has 2 aliphatic rings. The first kappa shape index (κ1) is 43.0. The summed E-state index contributed by atoms with van der Waals surface area (Å²) in [6.45, 7) is 6.99. The molecule has 0 aromatic heterocycles. The standard InChI is InChI=1S/2C15H11F6.2ClH.Hf/c2*1-8-3-10(4-9(8)2)11-5-12(14(16,17)18)7-13(6-11)15(19,20)21;;;/h2*5-7H,3H2,1-2H3;2*1H;/q2*-1;;;+4/p-2. The van der Waals surface area contributed by atoms with Crippen LogP contribution < -0.4 is 24.8 Å². The van der Waals surface area contributed by atoms with Gasteiger partial charge in [0.25, 0.3) is 0 Å². The van der Waals surface area contributed by atoms with Crippen LogP contribution in [0.1, 0.15) is 73.9 Å².